The van der Waals surface area contributed by atoms with Crippen LogP contribution in [0.5, 0.6) is 0 Å². The molecule has 0 heterocycles. The third-order valence-corrected chi connectivity index (χ3v) is 18.3. The van der Waals surface area contributed by atoms with E-state index in [1.165, 1.54) is 198 Å². The normalized spacial score (nSPS) is 12.9. The average molecular weight is 987 g/mol. The minimum atomic E-state index is 0.810. The Morgan fingerprint density at radius 3 is 1.60 bits per heavy atom. The molecule has 0 saturated carbocycles. The molecule has 0 radical (unpaired) electrons. The van der Waals surface area contributed by atoms with Gasteiger partial charge in [0, 0.05) is 0 Å². The molecule has 0 amide bonds. The Morgan fingerprint density at radius 2 is 0.859 bits per heavy atom. The van der Waals surface area contributed by atoms with Gasteiger partial charge < -0.3 is 0 Å². The molecule has 3 aliphatic rings. The van der Waals surface area contributed by atoms with Crippen LogP contribution >= 0.6 is 0 Å². The SMILES string of the molecule is C=C/C=c1/c2ccc3c4c(ccc(c5ccc6c(c15)Cc1c-6c(-c5ccccc5)c5cc6c(cc5c1-c1ccccc1)-c1ccc(-c5cc7ccccc7cc5C)c5cccc-6c15)c42)-c1ccc(-c2c(C)cccc2C)cc1-3. The van der Waals surface area contributed by atoms with Gasteiger partial charge in [0.1, 0.15) is 0 Å². The molecule has 14 aromatic carbocycles. The van der Waals surface area contributed by atoms with E-state index in [0.29, 0.717) is 0 Å². The Hall–Kier alpha value is -9.62. The molecule has 3 aliphatic carbocycles. The summed E-state index contributed by atoms with van der Waals surface area (Å²) in [5.41, 5.74) is 30.2. The van der Waals surface area contributed by atoms with Crippen LogP contribution in [0.3, 0.4) is 0 Å². The third kappa shape index (κ3) is 5.79. The van der Waals surface area contributed by atoms with Gasteiger partial charge in [0.25, 0.3) is 0 Å². The number of benzene rings is 14. The lowest BCUT2D eigenvalue weighted by Gasteiger charge is -2.21. The summed E-state index contributed by atoms with van der Waals surface area (Å²) >= 11 is 0. The standard InChI is InChI=1S/C78H50/c1-5-16-53-58-34-35-61-64-39-50(71-43(2)17-14-18-44(71)3)27-28-52(64)56-31-33-59(77(58)76(56)61)57-32-36-62-67(75(53)57)42-70-72(46-19-8-6-9-20-46)68-40-66-60-30-29-51(63-38-49-24-13-12-23-48(49)37-45(63)4)54-25-15-26-55(74(54)60)65(66)41-69(68)73(78(62)70)47-21-10-7-11-22-47/h5-41H,1,42H2,2-4H3/b53-16-. The van der Waals surface area contributed by atoms with E-state index < -0.39 is 0 Å². The van der Waals surface area contributed by atoms with Gasteiger partial charge in [-0.05, 0) is 249 Å². The molecule has 0 aromatic heterocycles. The van der Waals surface area contributed by atoms with Gasteiger partial charge in [0.2, 0.25) is 0 Å². The zero-order valence-corrected chi connectivity index (χ0v) is 43.8. The third-order valence-electron chi connectivity index (χ3n) is 18.3. The molecule has 0 nitrogen and oxygen atoms in total. The summed E-state index contributed by atoms with van der Waals surface area (Å²) in [7, 11) is 0. The maximum Gasteiger partial charge on any atom is -0.0000433 e. The van der Waals surface area contributed by atoms with Crippen molar-refractivity contribution in [2.45, 2.75) is 27.2 Å². The van der Waals surface area contributed by atoms with Crippen molar-refractivity contribution in [1.29, 1.82) is 0 Å². The fraction of sp³-hybridized carbons (Fsp3) is 0.0513. The molecule has 0 N–H and O–H groups in total. The monoisotopic (exact) mass is 986 g/mol. The highest BCUT2D eigenvalue weighted by Gasteiger charge is 2.34. The Balaban J connectivity index is 0.924. The molecule has 0 unspecified atom stereocenters. The van der Waals surface area contributed by atoms with Crippen molar-refractivity contribution < 1.29 is 0 Å². The van der Waals surface area contributed by atoms with E-state index in [1.807, 2.05) is 6.08 Å². The molecule has 17 rings (SSSR count). The summed E-state index contributed by atoms with van der Waals surface area (Å²) < 4.78 is 0. The second kappa shape index (κ2) is 16.0. The number of aryl methyl sites for hydroxylation is 3. The highest BCUT2D eigenvalue weighted by atomic mass is 14.4. The summed E-state index contributed by atoms with van der Waals surface area (Å²) in [6.45, 7) is 11.1. The molecular weight excluding hydrogens is 937 g/mol. The molecule has 0 heteroatoms. The number of hydrogen-bond donors (Lipinski definition) is 0. The zero-order valence-electron chi connectivity index (χ0n) is 43.8. The van der Waals surface area contributed by atoms with Crippen molar-refractivity contribution in [3.8, 4) is 100 Å². The fourth-order valence-electron chi connectivity index (χ4n) is 15.1. The Kier molecular flexibility index (Phi) is 8.92. The van der Waals surface area contributed by atoms with Gasteiger partial charge in [-0.3, -0.25) is 0 Å². The van der Waals surface area contributed by atoms with Gasteiger partial charge >= 0.3 is 0 Å². The van der Waals surface area contributed by atoms with E-state index in [2.05, 4.69) is 246 Å². The average Bonchev–Trinajstić information content (AvgIpc) is 4.20. The molecule has 0 spiro atoms. The lowest BCUT2D eigenvalue weighted by atomic mass is 9.82. The van der Waals surface area contributed by atoms with E-state index in [-0.39, 0.29) is 0 Å². The van der Waals surface area contributed by atoms with Crippen molar-refractivity contribution in [3.63, 3.8) is 0 Å². The molecule has 0 aliphatic heterocycles. The Morgan fingerprint density at radius 1 is 0.295 bits per heavy atom. The summed E-state index contributed by atoms with van der Waals surface area (Å²) in [6.07, 6.45) is 5.11. The topological polar surface area (TPSA) is 0 Å². The molecule has 0 atom stereocenters. The predicted molar refractivity (Wildman–Crippen MR) is 334 cm³/mol. The van der Waals surface area contributed by atoms with Crippen LogP contribution in [0, 0.1) is 20.8 Å². The predicted octanol–water partition coefficient (Wildman–Crippen LogP) is 20.8. The van der Waals surface area contributed by atoms with Crippen LogP contribution in [-0.2, 0) is 6.42 Å². The number of fused-ring (bicyclic) bond motifs is 14. The van der Waals surface area contributed by atoms with Crippen LogP contribution in [0.4, 0.5) is 0 Å². The summed E-state index contributed by atoms with van der Waals surface area (Å²) in [4.78, 5) is 0. The summed E-state index contributed by atoms with van der Waals surface area (Å²) in [6, 6.07) is 81.2. The van der Waals surface area contributed by atoms with Crippen molar-refractivity contribution >= 4 is 70.7 Å². The largest absolute Gasteiger partial charge is 0.0990 e. The van der Waals surface area contributed by atoms with E-state index in [0.717, 1.165) is 6.42 Å². The summed E-state index contributed by atoms with van der Waals surface area (Å²) in [5, 5.41) is 16.9. The van der Waals surface area contributed by atoms with E-state index in [9.17, 15) is 0 Å². The molecule has 14 aromatic rings. The van der Waals surface area contributed by atoms with Crippen molar-refractivity contribution in [3.05, 3.63) is 258 Å². The van der Waals surface area contributed by atoms with Crippen LogP contribution < -0.4 is 5.22 Å². The van der Waals surface area contributed by atoms with Gasteiger partial charge in [-0.2, -0.15) is 0 Å². The number of rotatable bonds is 5. The highest BCUT2D eigenvalue weighted by Crippen LogP contribution is 2.58. The van der Waals surface area contributed by atoms with E-state index in [4.69, 9.17) is 0 Å². The second-order valence-electron chi connectivity index (χ2n) is 22.3. The lowest BCUT2D eigenvalue weighted by Crippen LogP contribution is -2.08. The lowest BCUT2D eigenvalue weighted by molar-refractivity contribution is 1.29. The van der Waals surface area contributed by atoms with E-state index in [1.54, 1.807) is 0 Å². The first-order valence-electron chi connectivity index (χ1n) is 27.6. The minimum Gasteiger partial charge on any atom is -0.0990 e. The van der Waals surface area contributed by atoms with Gasteiger partial charge in [-0.25, -0.2) is 0 Å². The summed E-state index contributed by atoms with van der Waals surface area (Å²) in [5.74, 6) is 0. The van der Waals surface area contributed by atoms with E-state index >= 15 is 0 Å². The van der Waals surface area contributed by atoms with Crippen LogP contribution in [0.15, 0.2) is 225 Å². The quantitative estimate of drug-likeness (QED) is 0.119. The zero-order chi connectivity index (χ0) is 51.7. The fourth-order valence-corrected chi connectivity index (χ4v) is 15.1. The second-order valence-corrected chi connectivity index (χ2v) is 22.3. The van der Waals surface area contributed by atoms with Crippen molar-refractivity contribution in [2.24, 2.45) is 0 Å². The van der Waals surface area contributed by atoms with Crippen LogP contribution in [0.1, 0.15) is 27.8 Å². The molecule has 0 saturated heterocycles. The number of hydrogen-bond acceptors (Lipinski definition) is 0. The maximum absolute atomic E-state index is 4.38. The molecule has 0 fully saturated rings. The molecule has 362 valence electrons. The first-order valence-corrected chi connectivity index (χ1v) is 27.6. The van der Waals surface area contributed by atoms with Crippen molar-refractivity contribution in [2.75, 3.05) is 0 Å². The number of allylic oxidation sites excluding steroid dienone is 1. The maximum atomic E-state index is 4.38. The van der Waals surface area contributed by atoms with Crippen LogP contribution in [-0.4, -0.2) is 0 Å². The van der Waals surface area contributed by atoms with Gasteiger partial charge in [0.15, 0.2) is 0 Å². The van der Waals surface area contributed by atoms with Crippen molar-refractivity contribution in [1.82, 2.24) is 0 Å². The van der Waals surface area contributed by atoms with Crippen LogP contribution in [0.25, 0.3) is 171 Å². The van der Waals surface area contributed by atoms with Gasteiger partial charge in [-0.1, -0.05) is 207 Å². The molecular formula is C78H50. The van der Waals surface area contributed by atoms with Crippen LogP contribution in [0.2, 0.25) is 0 Å². The Bertz CT molecular complexity index is 5100. The first kappa shape index (κ1) is 43.6. The van der Waals surface area contributed by atoms with Gasteiger partial charge in [-0.15, -0.1) is 0 Å². The van der Waals surface area contributed by atoms with Gasteiger partial charge in [0.05, 0.1) is 0 Å². The molecule has 78 heavy (non-hydrogen) atoms. The minimum absolute atomic E-state index is 0.810. The smallest absolute Gasteiger partial charge is 0.0000433 e. The molecule has 0 bridgehead atoms. The Labute approximate surface area is 453 Å². The highest BCUT2D eigenvalue weighted by molar-refractivity contribution is 6.31. The first-order chi connectivity index (χ1) is 38.4.